The summed E-state index contributed by atoms with van der Waals surface area (Å²) in [6, 6.07) is 18.7. The molecule has 0 bridgehead atoms. The quantitative estimate of drug-likeness (QED) is 0.688. The standard InChI is InChI=1S/C18H17NO/c1-3-20-17-12-15-11-13(2)9-10-16(15)18(19-17)14-7-5-4-6-8-14/h4-12H,3H2,1-2H3. The highest BCUT2D eigenvalue weighted by Gasteiger charge is 2.09. The topological polar surface area (TPSA) is 22.1 Å². The molecule has 2 heteroatoms. The van der Waals surface area contributed by atoms with Crippen molar-refractivity contribution in [1.82, 2.24) is 4.98 Å². The van der Waals surface area contributed by atoms with Gasteiger partial charge in [0.25, 0.3) is 0 Å². The molecule has 0 fully saturated rings. The van der Waals surface area contributed by atoms with Crippen molar-refractivity contribution in [1.29, 1.82) is 0 Å². The number of aryl methyl sites for hydroxylation is 1. The van der Waals surface area contributed by atoms with Gasteiger partial charge in [-0.1, -0.05) is 54.1 Å². The molecule has 100 valence electrons. The maximum absolute atomic E-state index is 5.60. The Hall–Kier alpha value is -2.35. The Morgan fingerprint density at radius 1 is 1.00 bits per heavy atom. The van der Waals surface area contributed by atoms with Crippen LogP contribution in [0.3, 0.4) is 0 Å². The minimum Gasteiger partial charge on any atom is -0.478 e. The van der Waals surface area contributed by atoms with E-state index < -0.39 is 0 Å². The zero-order valence-electron chi connectivity index (χ0n) is 11.8. The average Bonchev–Trinajstić information content (AvgIpc) is 2.47. The van der Waals surface area contributed by atoms with E-state index in [1.54, 1.807) is 0 Å². The molecule has 0 N–H and O–H groups in total. The van der Waals surface area contributed by atoms with Crippen LogP contribution in [0.15, 0.2) is 54.6 Å². The number of benzene rings is 2. The lowest BCUT2D eigenvalue weighted by molar-refractivity contribution is 0.328. The molecule has 3 aromatic rings. The van der Waals surface area contributed by atoms with Gasteiger partial charge in [0.15, 0.2) is 0 Å². The molecule has 0 spiro atoms. The van der Waals surface area contributed by atoms with Crippen LogP contribution in [-0.4, -0.2) is 11.6 Å². The molecule has 1 heterocycles. The zero-order valence-corrected chi connectivity index (χ0v) is 11.8. The molecule has 0 aliphatic carbocycles. The Morgan fingerprint density at radius 2 is 1.80 bits per heavy atom. The highest BCUT2D eigenvalue weighted by atomic mass is 16.5. The average molecular weight is 263 g/mol. The number of ether oxygens (including phenoxy) is 1. The van der Waals surface area contributed by atoms with Crippen LogP contribution in [0.2, 0.25) is 0 Å². The van der Waals surface area contributed by atoms with Crippen molar-refractivity contribution in [2.75, 3.05) is 6.61 Å². The lowest BCUT2D eigenvalue weighted by atomic mass is 10.0. The summed E-state index contributed by atoms with van der Waals surface area (Å²) in [7, 11) is 0. The molecule has 0 radical (unpaired) electrons. The molecular formula is C18H17NO. The first-order valence-electron chi connectivity index (χ1n) is 6.87. The third-order valence-electron chi connectivity index (χ3n) is 3.30. The van der Waals surface area contributed by atoms with Crippen LogP contribution < -0.4 is 4.74 Å². The fourth-order valence-electron chi connectivity index (χ4n) is 2.39. The van der Waals surface area contributed by atoms with Gasteiger partial charge in [-0.25, -0.2) is 4.98 Å². The van der Waals surface area contributed by atoms with E-state index in [-0.39, 0.29) is 0 Å². The molecule has 20 heavy (non-hydrogen) atoms. The van der Waals surface area contributed by atoms with Gasteiger partial charge in [-0.05, 0) is 19.2 Å². The van der Waals surface area contributed by atoms with Gasteiger partial charge in [0, 0.05) is 17.0 Å². The van der Waals surface area contributed by atoms with E-state index in [9.17, 15) is 0 Å². The maximum atomic E-state index is 5.60. The van der Waals surface area contributed by atoms with E-state index in [0.29, 0.717) is 12.5 Å². The fraction of sp³-hybridized carbons (Fsp3) is 0.167. The van der Waals surface area contributed by atoms with Crippen molar-refractivity contribution in [2.24, 2.45) is 0 Å². The highest BCUT2D eigenvalue weighted by molar-refractivity contribution is 5.95. The highest BCUT2D eigenvalue weighted by Crippen LogP contribution is 2.30. The lowest BCUT2D eigenvalue weighted by Gasteiger charge is -2.10. The fourth-order valence-corrected chi connectivity index (χ4v) is 2.39. The first kappa shape index (κ1) is 12.7. The molecule has 1 aromatic heterocycles. The molecule has 2 nitrogen and oxygen atoms in total. The molecule has 2 aromatic carbocycles. The summed E-state index contributed by atoms with van der Waals surface area (Å²) in [5.41, 5.74) is 3.33. The Morgan fingerprint density at radius 3 is 2.55 bits per heavy atom. The number of pyridine rings is 1. The second-order valence-electron chi connectivity index (χ2n) is 4.83. The molecule has 3 rings (SSSR count). The largest absolute Gasteiger partial charge is 0.478 e. The number of fused-ring (bicyclic) bond motifs is 1. The smallest absolute Gasteiger partial charge is 0.214 e. The van der Waals surface area contributed by atoms with Gasteiger partial charge in [0.05, 0.1) is 12.3 Å². The van der Waals surface area contributed by atoms with Gasteiger partial charge in [0.2, 0.25) is 5.88 Å². The molecule has 0 unspecified atom stereocenters. The predicted octanol–water partition coefficient (Wildman–Crippen LogP) is 4.61. The van der Waals surface area contributed by atoms with Gasteiger partial charge in [0.1, 0.15) is 0 Å². The number of hydrogen-bond acceptors (Lipinski definition) is 2. The summed E-state index contributed by atoms with van der Waals surface area (Å²) < 4.78 is 5.60. The summed E-state index contributed by atoms with van der Waals surface area (Å²) in [6.45, 7) is 4.70. The van der Waals surface area contributed by atoms with E-state index in [1.807, 2.05) is 31.2 Å². The third kappa shape index (κ3) is 2.37. The molecule has 0 saturated heterocycles. The first-order valence-corrected chi connectivity index (χ1v) is 6.87. The van der Waals surface area contributed by atoms with Crippen LogP contribution in [0.4, 0.5) is 0 Å². The lowest BCUT2D eigenvalue weighted by Crippen LogP contribution is -1.96. The number of aromatic nitrogens is 1. The van der Waals surface area contributed by atoms with Gasteiger partial charge in [-0.2, -0.15) is 0 Å². The number of nitrogens with zero attached hydrogens (tertiary/aromatic N) is 1. The summed E-state index contributed by atoms with van der Waals surface area (Å²) in [6.07, 6.45) is 0. The number of hydrogen-bond donors (Lipinski definition) is 0. The van der Waals surface area contributed by atoms with E-state index in [1.165, 1.54) is 10.9 Å². The molecule has 0 saturated carbocycles. The second kappa shape index (κ2) is 5.33. The molecular weight excluding hydrogens is 246 g/mol. The minimum absolute atomic E-state index is 0.624. The Labute approximate surface area is 119 Å². The van der Waals surface area contributed by atoms with E-state index in [4.69, 9.17) is 4.74 Å². The molecule has 0 aliphatic heterocycles. The van der Waals surface area contributed by atoms with Crippen molar-refractivity contribution < 1.29 is 4.74 Å². The molecule has 0 aliphatic rings. The van der Waals surface area contributed by atoms with Gasteiger partial charge in [-0.15, -0.1) is 0 Å². The van der Waals surface area contributed by atoms with Crippen molar-refractivity contribution in [3.8, 4) is 17.1 Å². The van der Waals surface area contributed by atoms with Crippen LogP contribution in [-0.2, 0) is 0 Å². The van der Waals surface area contributed by atoms with Crippen LogP contribution in [0, 0.1) is 6.92 Å². The third-order valence-corrected chi connectivity index (χ3v) is 3.30. The summed E-state index contributed by atoms with van der Waals surface area (Å²) in [5.74, 6) is 0.685. The van der Waals surface area contributed by atoms with E-state index >= 15 is 0 Å². The van der Waals surface area contributed by atoms with Crippen molar-refractivity contribution in [3.63, 3.8) is 0 Å². The maximum Gasteiger partial charge on any atom is 0.214 e. The SMILES string of the molecule is CCOc1cc2cc(C)ccc2c(-c2ccccc2)n1. The Kier molecular flexibility index (Phi) is 3.38. The zero-order chi connectivity index (χ0) is 13.9. The molecule has 0 amide bonds. The summed E-state index contributed by atoms with van der Waals surface area (Å²) in [5, 5.41) is 2.33. The predicted molar refractivity (Wildman–Crippen MR) is 83.1 cm³/mol. The normalized spacial score (nSPS) is 10.7. The van der Waals surface area contributed by atoms with E-state index in [2.05, 4.69) is 42.2 Å². The van der Waals surface area contributed by atoms with Crippen molar-refractivity contribution in [3.05, 3.63) is 60.2 Å². The van der Waals surface area contributed by atoms with Crippen molar-refractivity contribution in [2.45, 2.75) is 13.8 Å². The first-order chi connectivity index (χ1) is 9.78. The Balaban J connectivity index is 2.28. The van der Waals surface area contributed by atoms with Crippen molar-refractivity contribution >= 4 is 10.8 Å². The van der Waals surface area contributed by atoms with Crippen LogP contribution >= 0.6 is 0 Å². The van der Waals surface area contributed by atoms with Crippen LogP contribution in [0.1, 0.15) is 12.5 Å². The minimum atomic E-state index is 0.624. The Bertz CT molecular complexity index is 735. The second-order valence-corrected chi connectivity index (χ2v) is 4.83. The van der Waals surface area contributed by atoms with Gasteiger partial charge < -0.3 is 4.74 Å². The van der Waals surface area contributed by atoms with Crippen LogP contribution in [0.25, 0.3) is 22.0 Å². The van der Waals surface area contributed by atoms with Gasteiger partial charge >= 0.3 is 0 Å². The summed E-state index contributed by atoms with van der Waals surface area (Å²) in [4.78, 5) is 4.67. The molecule has 0 atom stereocenters. The van der Waals surface area contributed by atoms with E-state index in [0.717, 1.165) is 16.6 Å². The summed E-state index contributed by atoms with van der Waals surface area (Å²) >= 11 is 0. The monoisotopic (exact) mass is 263 g/mol. The van der Waals surface area contributed by atoms with Gasteiger partial charge in [-0.3, -0.25) is 0 Å². The van der Waals surface area contributed by atoms with Crippen LogP contribution in [0.5, 0.6) is 5.88 Å². The number of rotatable bonds is 3.